The van der Waals surface area contributed by atoms with E-state index in [1.54, 1.807) is 0 Å². The van der Waals surface area contributed by atoms with Crippen molar-refractivity contribution in [1.29, 1.82) is 0 Å². The number of carbonyl (C=O) groups is 1. The third-order valence-corrected chi connectivity index (χ3v) is 2.87. The maximum Gasteiger partial charge on any atom is 0.309 e. The van der Waals surface area contributed by atoms with Gasteiger partial charge in [0, 0.05) is 0 Å². The lowest BCUT2D eigenvalue weighted by Gasteiger charge is -2.46. The summed E-state index contributed by atoms with van der Waals surface area (Å²) < 4.78 is 5.10. The number of ether oxygens (including phenoxy) is 1. The summed E-state index contributed by atoms with van der Waals surface area (Å²) in [6.45, 7) is 1.81. The Morgan fingerprint density at radius 3 is 2.82 bits per heavy atom. The van der Waals surface area contributed by atoms with Crippen LogP contribution < -0.4 is 0 Å². The number of hydrogen-bond donors (Lipinski definition) is 1. The predicted molar refractivity (Wildman–Crippen MR) is 37.8 cm³/mol. The SMILES string of the molecule is CC12CCC(CC1O)C(=O)O2. The van der Waals surface area contributed by atoms with E-state index in [4.69, 9.17) is 4.74 Å². The first-order valence-electron chi connectivity index (χ1n) is 4.03. The highest BCUT2D eigenvalue weighted by Crippen LogP contribution is 2.41. The molecule has 1 N–H and O–H groups in total. The van der Waals surface area contributed by atoms with Gasteiger partial charge in [0.2, 0.25) is 0 Å². The van der Waals surface area contributed by atoms with Gasteiger partial charge in [0.1, 0.15) is 5.60 Å². The zero-order valence-electron chi connectivity index (χ0n) is 6.54. The van der Waals surface area contributed by atoms with Crippen molar-refractivity contribution in [2.45, 2.75) is 37.9 Å². The number of rotatable bonds is 0. The van der Waals surface area contributed by atoms with Crippen LogP contribution >= 0.6 is 0 Å². The van der Waals surface area contributed by atoms with Crippen molar-refractivity contribution < 1.29 is 14.6 Å². The molecule has 2 aliphatic heterocycles. The molecule has 0 aromatic carbocycles. The van der Waals surface area contributed by atoms with Gasteiger partial charge in [-0.1, -0.05) is 0 Å². The lowest BCUT2D eigenvalue weighted by Crippen LogP contribution is -2.55. The normalized spacial score (nSPS) is 49.1. The molecule has 2 heterocycles. The molecule has 62 valence electrons. The molecule has 11 heavy (non-hydrogen) atoms. The average molecular weight is 156 g/mol. The minimum Gasteiger partial charge on any atom is -0.456 e. The van der Waals surface area contributed by atoms with Gasteiger partial charge in [-0.2, -0.15) is 0 Å². The van der Waals surface area contributed by atoms with Gasteiger partial charge in [-0.25, -0.2) is 0 Å². The molecular formula is C8H12O3. The van der Waals surface area contributed by atoms with Crippen molar-refractivity contribution in [3.8, 4) is 0 Å². The molecule has 0 radical (unpaired) electrons. The van der Waals surface area contributed by atoms with Gasteiger partial charge in [-0.3, -0.25) is 4.79 Å². The Morgan fingerprint density at radius 2 is 2.45 bits per heavy atom. The second-order valence-corrected chi connectivity index (χ2v) is 3.72. The number of fused-ring (bicyclic) bond motifs is 3. The first kappa shape index (κ1) is 7.10. The minimum atomic E-state index is -0.578. The van der Waals surface area contributed by atoms with E-state index in [1.165, 1.54) is 0 Å². The predicted octanol–water partition coefficient (Wildman–Crippen LogP) is 0.463. The molecular weight excluding hydrogens is 144 g/mol. The summed E-state index contributed by atoms with van der Waals surface area (Å²) in [5.74, 6) is -0.157. The van der Waals surface area contributed by atoms with Crippen molar-refractivity contribution in [2.24, 2.45) is 5.92 Å². The van der Waals surface area contributed by atoms with Crippen LogP contribution in [-0.4, -0.2) is 22.8 Å². The van der Waals surface area contributed by atoms with Crippen LogP contribution in [0, 0.1) is 5.92 Å². The van der Waals surface area contributed by atoms with Gasteiger partial charge >= 0.3 is 5.97 Å². The second-order valence-electron chi connectivity index (χ2n) is 3.72. The monoisotopic (exact) mass is 156 g/mol. The summed E-state index contributed by atoms with van der Waals surface area (Å²) in [5.41, 5.74) is -0.578. The van der Waals surface area contributed by atoms with Crippen molar-refractivity contribution >= 4 is 5.97 Å². The minimum absolute atomic E-state index is 0.0353. The standard InChI is InChI=1S/C8H12O3/c1-8-3-2-5(4-6(8)9)7(10)11-8/h5-6,9H,2-4H2,1H3. The number of carbonyl (C=O) groups excluding carboxylic acids is 1. The van der Waals surface area contributed by atoms with E-state index in [-0.39, 0.29) is 11.9 Å². The van der Waals surface area contributed by atoms with Crippen LogP contribution in [0.4, 0.5) is 0 Å². The van der Waals surface area contributed by atoms with Gasteiger partial charge in [0.25, 0.3) is 0 Å². The summed E-state index contributed by atoms with van der Waals surface area (Å²) in [7, 11) is 0. The van der Waals surface area contributed by atoms with Gasteiger partial charge in [-0.05, 0) is 26.2 Å². The average Bonchev–Trinajstić information content (AvgIpc) is 1.92. The molecule has 3 aliphatic rings. The highest BCUT2D eigenvalue weighted by Gasteiger charge is 2.50. The van der Waals surface area contributed by atoms with Gasteiger partial charge < -0.3 is 9.84 Å². The van der Waals surface area contributed by atoms with Gasteiger partial charge in [0.15, 0.2) is 0 Å². The Bertz CT molecular complexity index is 202. The molecule has 3 rings (SSSR count). The molecule has 1 aliphatic carbocycles. The lowest BCUT2D eigenvalue weighted by molar-refractivity contribution is -0.208. The maximum absolute atomic E-state index is 11.1. The highest BCUT2D eigenvalue weighted by molar-refractivity contribution is 5.75. The summed E-state index contributed by atoms with van der Waals surface area (Å²) in [4.78, 5) is 11.1. The van der Waals surface area contributed by atoms with Crippen molar-refractivity contribution in [3.05, 3.63) is 0 Å². The van der Waals surface area contributed by atoms with Gasteiger partial charge in [-0.15, -0.1) is 0 Å². The quantitative estimate of drug-likeness (QED) is 0.518. The van der Waals surface area contributed by atoms with Crippen LogP contribution in [0.15, 0.2) is 0 Å². The van der Waals surface area contributed by atoms with E-state index >= 15 is 0 Å². The van der Waals surface area contributed by atoms with Crippen molar-refractivity contribution in [3.63, 3.8) is 0 Å². The molecule has 0 amide bonds. The largest absolute Gasteiger partial charge is 0.456 e. The fourth-order valence-electron chi connectivity index (χ4n) is 1.91. The molecule has 3 heteroatoms. The Hall–Kier alpha value is -0.570. The second kappa shape index (κ2) is 1.97. The zero-order chi connectivity index (χ0) is 8.06. The van der Waals surface area contributed by atoms with Crippen molar-refractivity contribution in [2.75, 3.05) is 0 Å². The molecule has 0 aromatic heterocycles. The Labute approximate surface area is 65.4 Å². The van der Waals surface area contributed by atoms with Crippen molar-refractivity contribution in [1.82, 2.24) is 0 Å². The molecule has 2 bridgehead atoms. The first-order valence-corrected chi connectivity index (χ1v) is 4.03. The van der Waals surface area contributed by atoms with Crippen LogP contribution in [0.2, 0.25) is 0 Å². The highest BCUT2D eigenvalue weighted by atomic mass is 16.6. The van der Waals surface area contributed by atoms with Crippen LogP contribution in [-0.2, 0) is 9.53 Å². The molecule has 3 unspecified atom stereocenters. The van der Waals surface area contributed by atoms with Gasteiger partial charge in [0.05, 0.1) is 12.0 Å². The topological polar surface area (TPSA) is 46.5 Å². The Balaban J connectivity index is 2.26. The summed E-state index contributed by atoms with van der Waals surface area (Å²) in [6, 6.07) is 0. The first-order chi connectivity index (χ1) is 5.12. The molecule has 3 fully saturated rings. The van der Waals surface area contributed by atoms with Crippen LogP contribution in [0.5, 0.6) is 0 Å². The molecule has 3 atom stereocenters. The number of aliphatic hydroxyl groups excluding tert-OH is 1. The fourth-order valence-corrected chi connectivity index (χ4v) is 1.91. The van der Waals surface area contributed by atoms with Crippen LogP contribution in [0.1, 0.15) is 26.2 Å². The van der Waals surface area contributed by atoms with Crippen LogP contribution in [0.3, 0.4) is 0 Å². The third kappa shape index (κ3) is 0.872. The number of aliphatic hydroxyl groups is 1. The summed E-state index contributed by atoms with van der Waals surface area (Å²) in [6.07, 6.45) is 1.84. The number of hydrogen-bond acceptors (Lipinski definition) is 3. The molecule has 0 aromatic rings. The van der Waals surface area contributed by atoms with Crippen LogP contribution in [0.25, 0.3) is 0 Å². The Kier molecular flexibility index (Phi) is 1.27. The zero-order valence-corrected chi connectivity index (χ0v) is 6.54. The molecule has 3 nitrogen and oxygen atoms in total. The Morgan fingerprint density at radius 1 is 1.73 bits per heavy atom. The molecule has 2 saturated heterocycles. The van der Waals surface area contributed by atoms with E-state index in [0.29, 0.717) is 6.42 Å². The maximum atomic E-state index is 11.1. The molecule has 1 saturated carbocycles. The van der Waals surface area contributed by atoms with E-state index in [9.17, 15) is 9.90 Å². The number of esters is 1. The fraction of sp³-hybridized carbons (Fsp3) is 0.875. The van der Waals surface area contributed by atoms with E-state index < -0.39 is 11.7 Å². The summed E-state index contributed by atoms with van der Waals surface area (Å²) in [5, 5.41) is 9.50. The molecule has 0 spiro atoms. The third-order valence-electron chi connectivity index (χ3n) is 2.87. The lowest BCUT2D eigenvalue weighted by atomic mass is 9.74. The van der Waals surface area contributed by atoms with E-state index in [2.05, 4.69) is 0 Å². The smallest absolute Gasteiger partial charge is 0.309 e. The summed E-state index contributed by atoms with van der Waals surface area (Å²) >= 11 is 0. The van der Waals surface area contributed by atoms with E-state index in [1.807, 2.05) is 6.92 Å². The van der Waals surface area contributed by atoms with E-state index in [0.717, 1.165) is 12.8 Å².